The second-order valence-electron chi connectivity index (χ2n) is 5.40. The fourth-order valence-corrected chi connectivity index (χ4v) is 3.44. The summed E-state index contributed by atoms with van der Waals surface area (Å²) >= 11 is 1.46. The summed E-state index contributed by atoms with van der Waals surface area (Å²) in [7, 11) is 0. The number of ketones is 1. The van der Waals surface area contributed by atoms with Crippen LogP contribution in [0.15, 0.2) is 60.0 Å². The monoisotopic (exact) mass is 349 g/mol. The van der Waals surface area contributed by atoms with Gasteiger partial charge in [0.15, 0.2) is 5.78 Å². The van der Waals surface area contributed by atoms with Crippen LogP contribution in [0.5, 0.6) is 0 Å². The summed E-state index contributed by atoms with van der Waals surface area (Å²) in [5, 5.41) is 11.5. The molecule has 0 aliphatic rings. The molecule has 3 rings (SSSR count). The third kappa shape index (κ3) is 3.72. The van der Waals surface area contributed by atoms with Crippen LogP contribution in [0.25, 0.3) is 27.9 Å². The number of benzene rings is 2. The number of aliphatic carboxylic acids is 1. The molecule has 4 nitrogen and oxygen atoms in total. The highest BCUT2D eigenvalue weighted by molar-refractivity contribution is 7.13. The first-order valence-corrected chi connectivity index (χ1v) is 8.50. The van der Waals surface area contributed by atoms with Crippen LogP contribution in [-0.4, -0.2) is 21.8 Å². The molecule has 5 heteroatoms. The number of carboxylic acids is 1. The van der Waals surface area contributed by atoms with E-state index in [9.17, 15) is 9.59 Å². The van der Waals surface area contributed by atoms with Crippen molar-refractivity contribution in [1.29, 1.82) is 0 Å². The van der Waals surface area contributed by atoms with Gasteiger partial charge in [0, 0.05) is 28.1 Å². The van der Waals surface area contributed by atoms with Gasteiger partial charge >= 0.3 is 5.97 Å². The highest BCUT2D eigenvalue weighted by atomic mass is 32.1. The van der Waals surface area contributed by atoms with Crippen LogP contribution in [0.4, 0.5) is 0 Å². The zero-order chi connectivity index (χ0) is 17.8. The Morgan fingerprint density at radius 2 is 1.84 bits per heavy atom. The van der Waals surface area contributed by atoms with E-state index in [1.165, 1.54) is 24.3 Å². The Kier molecular flexibility index (Phi) is 4.86. The van der Waals surface area contributed by atoms with E-state index >= 15 is 0 Å². The van der Waals surface area contributed by atoms with Gasteiger partial charge in [-0.3, -0.25) is 4.79 Å². The number of carboxylic acid groups (broad SMARTS) is 1. The molecule has 0 saturated heterocycles. The average Bonchev–Trinajstić information content (AvgIpc) is 3.10. The molecule has 0 fully saturated rings. The van der Waals surface area contributed by atoms with Crippen LogP contribution in [0.1, 0.15) is 22.8 Å². The molecule has 0 spiro atoms. The lowest BCUT2D eigenvalue weighted by atomic mass is 9.97. The molecule has 0 atom stereocenters. The van der Waals surface area contributed by atoms with Crippen molar-refractivity contribution in [3.63, 3.8) is 0 Å². The van der Waals surface area contributed by atoms with Gasteiger partial charge < -0.3 is 5.11 Å². The van der Waals surface area contributed by atoms with Crippen molar-refractivity contribution in [2.45, 2.75) is 6.92 Å². The first kappa shape index (κ1) is 16.8. The number of carbonyl (C=O) groups is 2. The van der Waals surface area contributed by atoms with Gasteiger partial charge in [-0.15, -0.1) is 11.3 Å². The molecular weight excluding hydrogens is 334 g/mol. The number of hydrogen-bond acceptors (Lipinski definition) is 4. The van der Waals surface area contributed by atoms with Gasteiger partial charge in [-0.25, -0.2) is 9.78 Å². The Morgan fingerprint density at radius 3 is 2.52 bits per heavy atom. The number of Topliss-reactive ketones (excluding diaryl/α,β-unsaturated/α-hetero) is 1. The Labute approximate surface area is 149 Å². The molecule has 0 aliphatic carbocycles. The van der Waals surface area contributed by atoms with Gasteiger partial charge in [-0.05, 0) is 18.6 Å². The maximum absolute atomic E-state index is 12.2. The number of aromatic nitrogens is 1. The van der Waals surface area contributed by atoms with E-state index in [1.54, 1.807) is 12.1 Å². The average molecular weight is 349 g/mol. The van der Waals surface area contributed by atoms with Crippen molar-refractivity contribution < 1.29 is 14.7 Å². The van der Waals surface area contributed by atoms with E-state index in [1.807, 2.05) is 41.8 Å². The molecule has 1 aromatic heterocycles. The summed E-state index contributed by atoms with van der Waals surface area (Å²) < 4.78 is 0. The molecule has 3 aromatic rings. The zero-order valence-corrected chi connectivity index (χ0v) is 14.3. The van der Waals surface area contributed by atoms with E-state index in [-0.39, 0.29) is 5.78 Å². The third-order valence-corrected chi connectivity index (χ3v) is 4.53. The minimum atomic E-state index is -1.06. The van der Waals surface area contributed by atoms with Crippen molar-refractivity contribution in [2.75, 3.05) is 0 Å². The van der Waals surface area contributed by atoms with Crippen LogP contribution < -0.4 is 0 Å². The molecular formula is C20H15NO3S. The van der Waals surface area contributed by atoms with E-state index in [0.29, 0.717) is 16.7 Å². The maximum Gasteiger partial charge on any atom is 0.328 e. The van der Waals surface area contributed by atoms with Crippen molar-refractivity contribution in [3.8, 4) is 21.8 Å². The lowest BCUT2D eigenvalue weighted by Gasteiger charge is -2.08. The van der Waals surface area contributed by atoms with Crippen LogP contribution in [-0.2, 0) is 4.79 Å². The molecule has 1 N–H and O–H groups in total. The first-order chi connectivity index (χ1) is 12.1. The summed E-state index contributed by atoms with van der Waals surface area (Å²) in [6, 6.07) is 15.2. The fraction of sp³-hybridized carbons (Fsp3) is 0.0500. The predicted molar refractivity (Wildman–Crippen MR) is 99.7 cm³/mol. The van der Waals surface area contributed by atoms with Gasteiger partial charge in [-0.2, -0.15) is 0 Å². The minimum Gasteiger partial charge on any atom is -0.478 e. The second-order valence-corrected chi connectivity index (χ2v) is 6.26. The predicted octanol–water partition coefficient (Wildman–Crippen LogP) is 4.78. The molecule has 0 radical (unpaired) electrons. The summed E-state index contributed by atoms with van der Waals surface area (Å²) in [4.78, 5) is 27.6. The van der Waals surface area contributed by atoms with E-state index < -0.39 is 5.97 Å². The van der Waals surface area contributed by atoms with Gasteiger partial charge in [-0.1, -0.05) is 48.5 Å². The van der Waals surface area contributed by atoms with Crippen LogP contribution in [0.2, 0.25) is 0 Å². The summed E-state index contributed by atoms with van der Waals surface area (Å²) in [5.41, 5.74) is 3.63. The molecule has 0 bridgehead atoms. The van der Waals surface area contributed by atoms with Gasteiger partial charge in [0.25, 0.3) is 0 Å². The van der Waals surface area contributed by atoms with Crippen LogP contribution in [0, 0.1) is 0 Å². The van der Waals surface area contributed by atoms with Crippen molar-refractivity contribution in [2.24, 2.45) is 0 Å². The maximum atomic E-state index is 12.2. The topological polar surface area (TPSA) is 67.3 Å². The Bertz CT molecular complexity index is 958. The molecule has 0 aliphatic heterocycles. The normalized spacial score (nSPS) is 10.9. The summed E-state index contributed by atoms with van der Waals surface area (Å²) in [6.45, 7) is 1.47. The molecule has 0 amide bonds. The SMILES string of the molecule is CC(=O)c1c(C=CC(=O)O)cccc1-c1nc(-c2ccccc2)cs1. The number of carbonyl (C=O) groups excluding carboxylic acids is 1. The standard InChI is InChI=1S/C20H15NO3S/c1-13(22)19-15(10-11-18(23)24)8-5-9-16(19)20-21-17(12-25-20)14-6-3-2-4-7-14/h2-12H,1H3,(H,23,24). The fourth-order valence-electron chi connectivity index (χ4n) is 2.58. The first-order valence-electron chi connectivity index (χ1n) is 7.62. The van der Waals surface area contributed by atoms with E-state index in [0.717, 1.165) is 22.3 Å². The van der Waals surface area contributed by atoms with E-state index in [4.69, 9.17) is 5.11 Å². The van der Waals surface area contributed by atoms with Gasteiger partial charge in [0.05, 0.1) is 5.69 Å². The van der Waals surface area contributed by atoms with Crippen molar-refractivity contribution in [3.05, 3.63) is 71.1 Å². The van der Waals surface area contributed by atoms with Crippen molar-refractivity contribution in [1.82, 2.24) is 4.98 Å². The Morgan fingerprint density at radius 1 is 1.08 bits per heavy atom. The summed E-state index contributed by atoms with van der Waals surface area (Å²) in [6.07, 6.45) is 2.47. The largest absolute Gasteiger partial charge is 0.478 e. The summed E-state index contributed by atoms with van der Waals surface area (Å²) in [5.74, 6) is -1.18. The lowest BCUT2D eigenvalue weighted by Crippen LogP contribution is -2.00. The van der Waals surface area contributed by atoms with Gasteiger partial charge in [0.2, 0.25) is 0 Å². The van der Waals surface area contributed by atoms with E-state index in [2.05, 4.69) is 4.98 Å². The molecule has 0 unspecified atom stereocenters. The molecule has 0 saturated carbocycles. The quantitative estimate of drug-likeness (QED) is 0.532. The Balaban J connectivity index is 2.09. The highest BCUT2D eigenvalue weighted by Crippen LogP contribution is 2.33. The van der Waals surface area contributed by atoms with Gasteiger partial charge in [0.1, 0.15) is 5.01 Å². The number of thiazole rings is 1. The van der Waals surface area contributed by atoms with Crippen LogP contribution >= 0.6 is 11.3 Å². The van der Waals surface area contributed by atoms with Crippen molar-refractivity contribution >= 4 is 29.2 Å². The molecule has 2 aromatic carbocycles. The highest BCUT2D eigenvalue weighted by Gasteiger charge is 2.16. The molecule has 124 valence electrons. The zero-order valence-electron chi connectivity index (χ0n) is 13.5. The second kappa shape index (κ2) is 7.23. The smallest absolute Gasteiger partial charge is 0.328 e. The van der Waals surface area contributed by atoms with Crippen LogP contribution in [0.3, 0.4) is 0 Å². The Hall–Kier alpha value is -3.05. The molecule has 25 heavy (non-hydrogen) atoms. The number of rotatable bonds is 5. The third-order valence-electron chi connectivity index (χ3n) is 3.66. The molecule has 1 heterocycles. The number of hydrogen-bond donors (Lipinski definition) is 1. The lowest BCUT2D eigenvalue weighted by molar-refractivity contribution is -0.131. The minimum absolute atomic E-state index is 0.128. The number of nitrogens with zero attached hydrogens (tertiary/aromatic N) is 1.